The molecule has 184 valence electrons. The van der Waals surface area contributed by atoms with E-state index in [1.165, 1.54) is 16.2 Å². The molecule has 0 bridgehead atoms. The fourth-order valence-corrected chi connectivity index (χ4v) is 4.24. The van der Waals surface area contributed by atoms with Crippen molar-refractivity contribution < 1.29 is 32.6 Å². The smallest absolute Gasteiger partial charge is 0.410 e. The number of thiophene rings is 1. The van der Waals surface area contributed by atoms with Crippen LogP contribution in [0.25, 0.3) is 0 Å². The third-order valence-electron chi connectivity index (χ3n) is 5.19. The SMILES string of the molecule is COC(=O)c1cc(NC(=O)N(c2ccsc2)C2CCN(C(=O)OC(C)(C)C)CC2)c(F)cc1F. The van der Waals surface area contributed by atoms with E-state index in [2.05, 4.69) is 10.1 Å². The van der Waals surface area contributed by atoms with Crippen molar-refractivity contribution in [2.24, 2.45) is 0 Å². The first-order valence-electron chi connectivity index (χ1n) is 10.7. The number of carbonyl (C=O) groups excluding carboxylic acids is 3. The van der Waals surface area contributed by atoms with Crippen LogP contribution < -0.4 is 10.2 Å². The standard InChI is InChI=1S/C23H27F2N3O5S/c1-23(2,3)33-22(31)27-8-5-14(6-9-27)28(15-7-10-34-13-15)21(30)26-19-11-16(20(29)32-4)17(24)12-18(19)25/h7,10-14H,5-6,8-9H2,1-4H3,(H,26,30). The normalized spacial score (nSPS) is 14.5. The maximum atomic E-state index is 14.4. The highest BCUT2D eigenvalue weighted by Crippen LogP contribution is 2.28. The van der Waals surface area contributed by atoms with Gasteiger partial charge < -0.3 is 19.7 Å². The van der Waals surface area contributed by atoms with E-state index >= 15 is 0 Å². The molecule has 1 aliphatic rings. The number of methoxy groups -OCH3 is 1. The van der Waals surface area contributed by atoms with Crippen LogP contribution in [0.15, 0.2) is 29.0 Å². The zero-order valence-electron chi connectivity index (χ0n) is 19.4. The molecule has 1 aliphatic heterocycles. The second kappa shape index (κ2) is 10.4. The first kappa shape index (κ1) is 25.4. The van der Waals surface area contributed by atoms with E-state index in [0.29, 0.717) is 37.7 Å². The van der Waals surface area contributed by atoms with Crippen LogP contribution >= 0.6 is 11.3 Å². The van der Waals surface area contributed by atoms with Crippen LogP contribution in [0.4, 0.5) is 29.7 Å². The molecular weight excluding hydrogens is 468 g/mol. The lowest BCUT2D eigenvalue weighted by Gasteiger charge is -2.38. The van der Waals surface area contributed by atoms with Gasteiger partial charge in [-0.25, -0.2) is 23.2 Å². The molecule has 1 aromatic carbocycles. The van der Waals surface area contributed by atoms with Gasteiger partial charge in [-0.3, -0.25) is 4.90 Å². The quantitative estimate of drug-likeness (QED) is 0.586. The minimum absolute atomic E-state index is 0.281. The summed E-state index contributed by atoms with van der Waals surface area (Å²) >= 11 is 1.39. The van der Waals surface area contributed by atoms with Gasteiger partial charge in [0.25, 0.3) is 0 Å². The third kappa shape index (κ3) is 6.02. The molecule has 1 aromatic heterocycles. The predicted octanol–water partition coefficient (Wildman–Crippen LogP) is 5.25. The Bertz CT molecular complexity index is 1050. The number of benzene rings is 1. The molecule has 11 heteroatoms. The van der Waals surface area contributed by atoms with Gasteiger partial charge in [0.1, 0.15) is 17.2 Å². The lowest BCUT2D eigenvalue weighted by molar-refractivity contribution is 0.0206. The number of halogens is 2. The van der Waals surface area contributed by atoms with Gasteiger partial charge in [0, 0.05) is 30.6 Å². The van der Waals surface area contributed by atoms with Gasteiger partial charge in [-0.05, 0) is 51.1 Å². The van der Waals surface area contributed by atoms with Crippen LogP contribution in [0.2, 0.25) is 0 Å². The van der Waals surface area contributed by atoms with E-state index in [1.807, 2.05) is 0 Å². The molecule has 1 N–H and O–H groups in total. The van der Waals surface area contributed by atoms with E-state index in [9.17, 15) is 23.2 Å². The van der Waals surface area contributed by atoms with Crippen molar-refractivity contribution in [1.29, 1.82) is 0 Å². The highest BCUT2D eigenvalue weighted by Gasteiger charge is 2.33. The maximum Gasteiger partial charge on any atom is 0.410 e. The summed E-state index contributed by atoms with van der Waals surface area (Å²) in [5.74, 6) is -3.10. The number of amides is 3. The molecule has 0 atom stereocenters. The fraction of sp³-hybridized carbons (Fsp3) is 0.435. The predicted molar refractivity (Wildman–Crippen MR) is 124 cm³/mol. The van der Waals surface area contributed by atoms with Crippen LogP contribution in [-0.2, 0) is 9.47 Å². The summed E-state index contributed by atoms with van der Waals surface area (Å²) in [5, 5.41) is 6.03. The van der Waals surface area contributed by atoms with Crippen LogP contribution in [0.1, 0.15) is 44.0 Å². The molecule has 3 rings (SSSR count). The average Bonchev–Trinajstić information content (AvgIpc) is 3.28. The molecular formula is C23H27F2N3O5S. The van der Waals surface area contributed by atoms with Crippen molar-refractivity contribution in [3.8, 4) is 0 Å². The molecule has 0 radical (unpaired) electrons. The van der Waals surface area contributed by atoms with E-state index in [1.54, 1.807) is 42.5 Å². The second-order valence-electron chi connectivity index (χ2n) is 8.78. The van der Waals surface area contributed by atoms with Gasteiger partial charge in [0.2, 0.25) is 0 Å². The van der Waals surface area contributed by atoms with Crippen molar-refractivity contribution >= 4 is 40.8 Å². The molecule has 0 spiro atoms. The minimum atomic E-state index is -1.09. The van der Waals surface area contributed by atoms with E-state index in [-0.39, 0.29) is 11.7 Å². The van der Waals surface area contributed by atoms with Crippen molar-refractivity contribution in [3.05, 3.63) is 46.2 Å². The summed E-state index contributed by atoms with van der Waals surface area (Å²) in [7, 11) is 1.07. The first-order valence-corrected chi connectivity index (χ1v) is 11.6. The average molecular weight is 496 g/mol. The number of anilines is 2. The molecule has 1 fully saturated rings. The maximum absolute atomic E-state index is 14.4. The Labute approximate surface area is 200 Å². The molecule has 0 saturated carbocycles. The highest BCUT2D eigenvalue weighted by atomic mass is 32.1. The number of likely N-dealkylation sites (tertiary alicyclic amines) is 1. The number of piperidine rings is 1. The minimum Gasteiger partial charge on any atom is -0.465 e. The molecule has 0 unspecified atom stereocenters. The van der Waals surface area contributed by atoms with Crippen molar-refractivity contribution in [3.63, 3.8) is 0 Å². The number of nitrogens with one attached hydrogen (secondary N) is 1. The summed E-state index contributed by atoms with van der Waals surface area (Å²) in [6, 6.07) is 2.26. The van der Waals surface area contributed by atoms with Gasteiger partial charge in [-0.1, -0.05) is 0 Å². The van der Waals surface area contributed by atoms with Gasteiger partial charge in [0.05, 0.1) is 24.0 Å². The summed E-state index contributed by atoms with van der Waals surface area (Å²) in [6.07, 6.45) is 0.533. The Hall–Kier alpha value is -3.21. The van der Waals surface area contributed by atoms with E-state index in [0.717, 1.165) is 13.2 Å². The number of carbonyl (C=O) groups is 3. The zero-order chi connectivity index (χ0) is 25.0. The zero-order valence-corrected chi connectivity index (χ0v) is 20.2. The molecule has 34 heavy (non-hydrogen) atoms. The number of nitrogens with zero attached hydrogens (tertiary/aromatic N) is 2. The number of hydrogen-bond donors (Lipinski definition) is 1. The Kier molecular flexibility index (Phi) is 7.75. The Balaban J connectivity index is 1.78. The molecule has 2 heterocycles. The summed E-state index contributed by atoms with van der Waals surface area (Å²) in [5.41, 5.74) is -0.849. The number of esters is 1. The van der Waals surface area contributed by atoms with Crippen molar-refractivity contribution in [1.82, 2.24) is 4.90 Å². The van der Waals surface area contributed by atoms with Crippen LogP contribution in [0.5, 0.6) is 0 Å². The first-order chi connectivity index (χ1) is 16.0. The van der Waals surface area contributed by atoms with E-state index in [4.69, 9.17) is 4.74 Å². The Morgan fingerprint density at radius 2 is 1.82 bits per heavy atom. The molecule has 1 saturated heterocycles. The number of ether oxygens (including phenoxy) is 2. The second-order valence-corrected chi connectivity index (χ2v) is 9.56. The Morgan fingerprint density at radius 3 is 2.38 bits per heavy atom. The monoisotopic (exact) mass is 495 g/mol. The van der Waals surface area contributed by atoms with E-state index < -0.39 is 40.9 Å². The summed E-state index contributed by atoms with van der Waals surface area (Å²) < 4.78 is 38.3. The Morgan fingerprint density at radius 1 is 1.15 bits per heavy atom. The summed E-state index contributed by atoms with van der Waals surface area (Å²) in [4.78, 5) is 40.5. The fourth-order valence-electron chi connectivity index (χ4n) is 3.61. The number of hydrogen-bond acceptors (Lipinski definition) is 6. The van der Waals surface area contributed by atoms with Crippen molar-refractivity contribution in [2.45, 2.75) is 45.3 Å². The van der Waals surface area contributed by atoms with Gasteiger partial charge in [-0.2, -0.15) is 11.3 Å². The molecule has 8 nitrogen and oxygen atoms in total. The number of rotatable bonds is 4. The molecule has 2 aromatic rings. The van der Waals surface area contributed by atoms with Gasteiger partial charge in [0.15, 0.2) is 0 Å². The van der Waals surface area contributed by atoms with Crippen LogP contribution in [-0.4, -0.2) is 54.8 Å². The topological polar surface area (TPSA) is 88.2 Å². The van der Waals surface area contributed by atoms with Crippen molar-refractivity contribution in [2.75, 3.05) is 30.4 Å². The lowest BCUT2D eigenvalue weighted by Crippen LogP contribution is -2.51. The van der Waals surface area contributed by atoms with Gasteiger partial charge in [-0.15, -0.1) is 0 Å². The van der Waals surface area contributed by atoms with Crippen LogP contribution in [0.3, 0.4) is 0 Å². The summed E-state index contributed by atoms with van der Waals surface area (Å²) in [6.45, 7) is 6.14. The van der Waals surface area contributed by atoms with Gasteiger partial charge >= 0.3 is 18.1 Å². The molecule has 3 amide bonds. The highest BCUT2D eigenvalue weighted by molar-refractivity contribution is 7.08. The lowest BCUT2D eigenvalue weighted by atomic mass is 10.0. The third-order valence-corrected chi connectivity index (χ3v) is 5.86. The molecule has 0 aliphatic carbocycles. The largest absolute Gasteiger partial charge is 0.465 e. The number of urea groups is 1. The van der Waals surface area contributed by atoms with Crippen LogP contribution in [0, 0.1) is 11.6 Å².